The monoisotopic (exact) mass is 235 g/mol. The molecule has 94 valence electrons. The van der Waals surface area contributed by atoms with E-state index in [4.69, 9.17) is 10.5 Å². The zero-order chi connectivity index (χ0) is 13.0. The quantitative estimate of drug-likeness (QED) is 0.816. The summed E-state index contributed by atoms with van der Waals surface area (Å²) in [6, 6.07) is 3.89. The van der Waals surface area contributed by atoms with Crippen LogP contribution in [0.5, 0.6) is 0 Å². The molecule has 0 radical (unpaired) electrons. The van der Waals surface area contributed by atoms with Crippen LogP contribution in [0.15, 0.2) is 12.1 Å². The first-order chi connectivity index (χ1) is 7.95. The van der Waals surface area contributed by atoms with Gasteiger partial charge in [0.25, 0.3) is 0 Å². The van der Waals surface area contributed by atoms with Crippen LogP contribution in [0, 0.1) is 20.8 Å². The zero-order valence-electron chi connectivity index (χ0n) is 11.0. The molecule has 0 aliphatic carbocycles. The van der Waals surface area contributed by atoms with Gasteiger partial charge in [0, 0.05) is 6.04 Å². The molecule has 0 aliphatic rings. The first-order valence-electron chi connectivity index (χ1n) is 5.94. The second kappa shape index (κ2) is 5.82. The van der Waals surface area contributed by atoms with Crippen molar-refractivity contribution in [2.75, 3.05) is 6.61 Å². The van der Waals surface area contributed by atoms with Gasteiger partial charge in [0.1, 0.15) is 0 Å². The highest BCUT2D eigenvalue weighted by atomic mass is 16.5. The number of carbonyl (C=O) groups is 1. The molecule has 3 nitrogen and oxygen atoms in total. The Bertz CT molecular complexity index is 413. The van der Waals surface area contributed by atoms with Gasteiger partial charge in [-0.1, -0.05) is 12.1 Å². The maximum Gasteiger partial charge on any atom is 0.307 e. The van der Waals surface area contributed by atoms with Crippen LogP contribution in [0.1, 0.15) is 41.6 Å². The normalized spacial score (nSPS) is 12.3. The van der Waals surface area contributed by atoms with Crippen molar-refractivity contribution in [3.05, 3.63) is 34.4 Å². The minimum Gasteiger partial charge on any atom is -0.466 e. The molecule has 0 saturated carbocycles. The molecule has 0 fully saturated rings. The Balaban J connectivity index is 2.85. The molecule has 0 bridgehead atoms. The van der Waals surface area contributed by atoms with Crippen molar-refractivity contribution in [1.82, 2.24) is 0 Å². The molecule has 0 spiro atoms. The van der Waals surface area contributed by atoms with Crippen LogP contribution in [-0.4, -0.2) is 12.6 Å². The minimum absolute atomic E-state index is 0.233. The van der Waals surface area contributed by atoms with Gasteiger partial charge in [-0.3, -0.25) is 4.79 Å². The number of carbonyl (C=O) groups excluding carboxylic acids is 1. The highest BCUT2D eigenvalue weighted by Crippen LogP contribution is 2.22. The van der Waals surface area contributed by atoms with E-state index in [1.165, 1.54) is 11.1 Å². The highest BCUT2D eigenvalue weighted by Gasteiger charge is 2.15. The molecule has 0 unspecified atom stereocenters. The van der Waals surface area contributed by atoms with Crippen molar-refractivity contribution in [2.24, 2.45) is 5.73 Å². The van der Waals surface area contributed by atoms with E-state index in [1.54, 1.807) is 6.92 Å². The molecular formula is C14H21NO2. The molecule has 0 aliphatic heterocycles. The largest absolute Gasteiger partial charge is 0.466 e. The van der Waals surface area contributed by atoms with Crippen molar-refractivity contribution in [3.63, 3.8) is 0 Å². The summed E-state index contributed by atoms with van der Waals surface area (Å²) >= 11 is 0. The Hall–Kier alpha value is -1.35. The molecule has 0 saturated heterocycles. The molecule has 17 heavy (non-hydrogen) atoms. The lowest BCUT2D eigenvalue weighted by atomic mass is 9.95. The lowest BCUT2D eigenvalue weighted by Crippen LogP contribution is -2.18. The van der Waals surface area contributed by atoms with Crippen LogP contribution in [0.3, 0.4) is 0 Å². The SMILES string of the molecule is CCOC(=O)C[C@@H](N)c1cc(C)c(C)cc1C. The average molecular weight is 235 g/mol. The number of rotatable bonds is 4. The van der Waals surface area contributed by atoms with Gasteiger partial charge in [-0.05, 0) is 49.9 Å². The van der Waals surface area contributed by atoms with E-state index in [9.17, 15) is 4.79 Å². The summed E-state index contributed by atoms with van der Waals surface area (Å²) in [6.07, 6.45) is 0.233. The fraction of sp³-hybridized carbons (Fsp3) is 0.500. The number of nitrogens with two attached hydrogens (primary N) is 1. The summed E-state index contributed by atoms with van der Waals surface area (Å²) in [5, 5.41) is 0. The van der Waals surface area contributed by atoms with E-state index in [0.29, 0.717) is 6.61 Å². The molecule has 3 heteroatoms. The summed E-state index contributed by atoms with van der Waals surface area (Å²) in [7, 11) is 0. The number of hydrogen-bond donors (Lipinski definition) is 1. The number of hydrogen-bond acceptors (Lipinski definition) is 3. The third-order valence-corrected chi connectivity index (χ3v) is 2.97. The molecule has 1 rings (SSSR count). The van der Waals surface area contributed by atoms with Crippen LogP contribution in [0.2, 0.25) is 0 Å². The Morgan fingerprint density at radius 3 is 2.41 bits per heavy atom. The summed E-state index contributed by atoms with van der Waals surface area (Å²) in [5.74, 6) is -0.238. The predicted molar refractivity (Wildman–Crippen MR) is 68.8 cm³/mol. The molecule has 1 atom stereocenters. The molecule has 1 aromatic carbocycles. The summed E-state index contributed by atoms with van der Waals surface area (Å²) < 4.78 is 4.91. The maximum absolute atomic E-state index is 11.4. The second-order valence-corrected chi connectivity index (χ2v) is 4.41. The molecule has 0 aromatic heterocycles. The van der Waals surface area contributed by atoms with Crippen LogP contribution >= 0.6 is 0 Å². The van der Waals surface area contributed by atoms with E-state index in [0.717, 1.165) is 11.1 Å². The van der Waals surface area contributed by atoms with Gasteiger partial charge >= 0.3 is 5.97 Å². The summed E-state index contributed by atoms with van der Waals surface area (Å²) in [4.78, 5) is 11.4. The average Bonchev–Trinajstić information content (AvgIpc) is 2.23. The lowest BCUT2D eigenvalue weighted by Gasteiger charge is -2.16. The van der Waals surface area contributed by atoms with Crippen molar-refractivity contribution in [3.8, 4) is 0 Å². The summed E-state index contributed by atoms with van der Waals surface area (Å²) in [6.45, 7) is 8.34. The second-order valence-electron chi connectivity index (χ2n) is 4.41. The van der Waals surface area contributed by atoms with Crippen molar-refractivity contribution in [1.29, 1.82) is 0 Å². The molecule has 2 N–H and O–H groups in total. The highest BCUT2D eigenvalue weighted by molar-refractivity contribution is 5.70. The van der Waals surface area contributed by atoms with E-state index >= 15 is 0 Å². The van der Waals surface area contributed by atoms with Crippen LogP contribution in [-0.2, 0) is 9.53 Å². The van der Waals surface area contributed by atoms with Crippen LogP contribution in [0.25, 0.3) is 0 Å². The molecular weight excluding hydrogens is 214 g/mol. The third-order valence-electron chi connectivity index (χ3n) is 2.97. The number of aryl methyl sites for hydroxylation is 3. The number of benzene rings is 1. The lowest BCUT2D eigenvalue weighted by molar-refractivity contribution is -0.143. The van der Waals surface area contributed by atoms with Gasteiger partial charge in [0.05, 0.1) is 13.0 Å². The van der Waals surface area contributed by atoms with Crippen LogP contribution in [0.4, 0.5) is 0 Å². The van der Waals surface area contributed by atoms with Crippen molar-refractivity contribution < 1.29 is 9.53 Å². The van der Waals surface area contributed by atoms with Crippen LogP contribution < -0.4 is 5.73 Å². The fourth-order valence-corrected chi connectivity index (χ4v) is 1.89. The Morgan fingerprint density at radius 1 is 1.24 bits per heavy atom. The van der Waals surface area contributed by atoms with Gasteiger partial charge in [0.15, 0.2) is 0 Å². The predicted octanol–water partition coefficient (Wildman–Crippen LogP) is 2.56. The molecule has 0 amide bonds. The zero-order valence-corrected chi connectivity index (χ0v) is 11.0. The van der Waals surface area contributed by atoms with Gasteiger partial charge < -0.3 is 10.5 Å². The van der Waals surface area contributed by atoms with Gasteiger partial charge in [-0.25, -0.2) is 0 Å². The first kappa shape index (κ1) is 13.7. The Labute approximate surface area is 103 Å². The first-order valence-corrected chi connectivity index (χ1v) is 5.94. The Morgan fingerprint density at radius 2 is 1.82 bits per heavy atom. The summed E-state index contributed by atoms with van der Waals surface area (Å²) in [5.41, 5.74) is 10.6. The molecule has 0 heterocycles. The number of ether oxygens (including phenoxy) is 1. The third kappa shape index (κ3) is 3.56. The minimum atomic E-state index is -0.284. The van der Waals surface area contributed by atoms with E-state index < -0.39 is 0 Å². The standard InChI is InChI=1S/C14H21NO2/c1-5-17-14(16)8-13(15)12-7-10(3)9(2)6-11(12)4/h6-7,13H,5,8,15H2,1-4H3/t13-/m1/s1. The topological polar surface area (TPSA) is 52.3 Å². The van der Waals surface area contributed by atoms with E-state index in [2.05, 4.69) is 26.0 Å². The Kier molecular flexibility index (Phi) is 4.70. The van der Waals surface area contributed by atoms with Gasteiger partial charge in [-0.2, -0.15) is 0 Å². The van der Waals surface area contributed by atoms with E-state index in [-0.39, 0.29) is 18.4 Å². The molecule has 1 aromatic rings. The smallest absolute Gasteiger partial charge is 0.307 e. The maximum atomic E-state index is 11.4. The fourth-order valence-electron chi connectivity index (χ4n) is 1.89. The van der Waals surface area contributed by atoms with Gasteiger partial charge in [-0.15, -0.1) is 0 Å². The number of esters is 1. The van der Waals surface area contributed by atoms with Crippen molar-refractivity contribution in [2.45, 2.75) is 40.2 Å². The van der Waals surface area contributed by atoms with E-state index in [1.807, 2.05) is 6.92 Å². The van der Waals surface area contributed by atoms with Gasteiger partial charge in [0.2, 0.25) is 0 Å². The van der Waals surface area contributed by atoms with Crippen molar-refractivity contribution >= 4 is 5.97 Å².